The maximum absolute atomic E-state index is 5.01. The normalized spacial score (nSPS) is 12.8. The molecular weight excluding hydrogens is 266 g/mol. The summed E-state index contributed by atoms with van der Waals surface area (Å²) in [6.07, 6.45) is 0. The third-order valence-electron chi connectivity index (χ3n) is 4.55. The first-order valence-electron chi connectivity index (χ1n) is 7.75. The number of hydrogen-bond donors (Lipinski definition) is 0. The van der Waals surface area contributed by atoms with Gasteiger partial charge in [-0.05, 0) is 56.3 Å². The molecule has 1 aliphatic heterocycles. The van der Waals surface area contributed by atoms with Gasteiger partial charge in [-0.25, -0.2) is 4.99 Å². The highest BCUT2D eigenvalue weighted by atomic mass is 14.8. The Hall–Kier alpha value is -2.41. The Bertz CT molecular complexity index is 941. The molecule has 0 bridgehead atoms. The van der Waals surface area contributed by atoms with Gasteiger partial charge in [-0.3, -0.25) is 0 Å². The number of aryl methyl sites for hydroxylation is 4. The highest BCUT2D eigenvalue weighted by Gasteiger charge is 2.22. The average Bonchev–Trinajstić information content (AvgIpc) is 2.85. The smallest absolute Gasteiger partial charge is 0.0789 e. The van der Waals surface area contributed by atoms with Gasteiger partial charge >= 0.3 is 0 Å². The Labute approximate surface area is 131 Å². The lowest BCUT2D eigenvalue weighted by atomic mass is 9.93. The molecule has 3 aromatic carbocycles. The van der Waals surface area contributed by atoms with Crippen molar-refractivity contribution in [3.05, 3.63) is 75.8 Å². The zero-order valence-corrected chi connectivity index (χ0v) is 13.5. The molecule has 0 N–H and O–H groups in total. The van der Waals surface area contributed by atoms with Gasteiger partial charge in [-0.2, -0.15) is 0 Å². The molecule has 0 aliphatic carbocycles. The second kappa shape index (κ2) is 4.54. The molecule has 0 amide bonds. The molecule has 4 rings (SSSR count). The van der Waals surface area contributed by atoms with Crippen molar-refractivity contribution in [3.8, 4) is 0 Å². The highest BCUT2D eigenvalue weighted by Crippen LogP contribution is 2.40. The topological polar surface area (TPSA) is 12.4 Å². The Balaban J connectivity index is 2.05. The van der Waals surface area contributed by atoms with Gasteiger partial charge in [0.05, 0.1) is 11.4 Å². The predicted molar refractivity (Wildman–Crippen MR) is 94.6 cm³/mol. The number of hydrogen-bond acceptors (Lipinski definition) is 1. The van der Waals surface area contributed by atoms with Gasteiger partial charge in [0, 0.05) is 16.5 Å². The fraction of sp³-hybridized carbons (Fsp3) is 0.190. The summed E-state index contributed by atoms with van der Waals surface area (Å²) in [5.74, 6) is 0. The van der Waals surface area contributed by atoms with Crippen molar-refractivity contribution >= 4 is 22.2 Å². The number of aliphatic imine (C=N–C) groups is 1. The van der Waals surface area contributed by atoms with Crippen LogP contribution in [0, 0.1) is 27.7 Å². The van der Waals surface area contributed by atoms with Crippen molar-refractivity contribution in [2.45, 2.75) is 27.7 Å². The van der Waals surface area contributed by atoms with E-state index in [9.17, 15) is 0 Å². The maximum Gasteiger partial charge on any atom is 0.0789 e. The third-order valence-corrected chi connectivity index (χ3v) is 4.55. The first-order chi connectivity index (χ1) is 10.5. The Kier molecular flexibility index (Phi) is 2.74. The van der Waals surface area contributed by atoms with Crippen molar-refractivity contribution in [2.24, 2.45) is 4.99 Å². The van der Waals surface area contributed by atoms with E-state index < -0.39 is 0 Å². The first kappa shape index (κ1) is 13.3. The molecule has 0 spiro atoms. The highest BCUT2D eigenvalue weighted by molar-refractivity contribution is 6.27. The van der Waals surface area contributed by atoms with Crippen LogP contribution < -0.4 is 0 Å². The molecule has 1 heterocycles. The van der Waals surface area contributed by atoms with Crippen molar-refractivity contribution in [1.82, 2.24) is 0 Å². The molecular formula is C21H19N. The fourth-order valence-corrected chi connectivity index (χ4v) is 3.52. The van der Waals surface area contributed by atoms with Gasteiger partial charge in [0.15, 0.2) is 0 Å². The monoisotopic (exact) mass is 285 g/mol. The van der Waals surface area contributed by atoms with Crippen LogP contribution in [0.5, 0.6) is 0 Å². The molecule has 1 aliphatic rings. The van der Waals surface area contributed by atoms with Gasteiger partial charge < -0.3 is 0 Å². The van der Waals surface area contributed by atoms with Crippen LogP contribution in [0.4, 0.5) is 5.69 Å². The van der Waals surface area contributed by atoms with Gasteiger partial charge in [-0.1, -0.05) is 41.5 Å². The van der Waals surface area contributed by atoms with E-state index in [1.807, 2.05) is 0 Å². The van der Waals surface area contributed by atoms with Crippen molar-refractivity contribution in [2.75, 3.05) is 0 Å². The molecule has 22 heavy (non-hydrogen) atoms. The molecule has 0 unspecified atom stereocenters. The standard InChI is InChI=1S/C21H19N/c1-12-9-13(2)11-16(10-12)21-18-8-5-14(3)17-7-6-15(4)20(22-21)19(17)18/h5-11H,1-4H3. The van der Waals surface area contributed by atoms with Crippen LogP contribution >= 0.6 is 0 Å². The summed E-state index contributed by atoms with van der Waals surface area (Å²) in [6, 6.07) is 15.5. The minimum absolute atomic E-state index is 1.11. The summed E-state index contributed by atoms with van der Waals surface area (Å²) in [6.45, 7) is 8.62. The van der Waals surface area contributed by atoms with E-state index in [4.69, 9.17) is 4.99 Å². The molecule has 0 fully saturated rings. The van der Waals surface area contributed by atoms with Gasteiger partial charge in [-0.15, -0.1) is 0 Å². The van der Waals surface area contributed by atoms with Crippen LogP contribution in [0.2, 0.25) is 0 Å². The Morgan fingerprint density at radius 1 is 0.727 bits per heavy atom. The lowest BCUT2D eigenvalue weighted by Crippen LogP contribution is -2.01. The van der Waals surface area contributed by atoms with E-state index in [-0.39, 0.29) is 0 Å². The quantitative estimate of drug-likeness (QED) is 0.434. The SMILES string of the molecule is Cc1cc(C)cc(C2=Nc3c(C)ccc4c(C)ccc2c34)c1. The third kappa shape index (κ3) is 1.82. The summed E-state index contributed by atoms with van der Waals surface area (Å²) in [5, 5.41) is 2.63. The number of benzene rings is 3. The summed E-state index contributed by atoms with van der Waals surface area (Å²) in [7, 11) is 0. The minimum atomic E-state index is 1.11. The fourth-order valence-electron chi connectivity index (χ4n) is 3.52. The van der Waals surface area contributed by atoms with Crippen LogP contribution in [-0.2, 0) is 0 Å². The van der Waals surface area contributed by atoms with E-state index in [2.05, 4.69) is 70.2 Å². The Morgan fingerprint density at radius 2 is 1.41 bits per heavy atom. The Morgan fingerprint density at radius 3 is 2.14 bits per heavy atom. The summed E-state index contributed by atoms with van der Waals surface area (Å²) < 4.78 is 0. The maximum atomic E-state index is 5.01. The van der Waals surface area contributed by atoms with E-state index in [1.54, 1.807) is 0 Å². The minimum Gasteiger partial charge on any atom is -0.247 e. The van der Waals surface area contributed by atoms with Crippen molar-refractivity contribution in [3.63, 3.8) is 0 Å². The number of nitrogens with zero attached hydrogens (tertiary/aromatic N) is 1. The van der Waals surface area contributed by atoms with Crippen LogP contribution in [0.15, 0.2) is 47.5 Å². The van der Waals surface area contributed by atoms with Gasteiger partial charge in [0.1, 0.15) is 0 Å². The average molecular weight is 285 g/mol. The molecule has 0 saturated heterocycles. The lowest BCUT2D eigenvalue weighted by Gasteiger charge is -2.08. The molecule has 0 saturated carbocycles. The van der Waals surface area contributed by atoms with E-state index in [0.29, 0.717) is 0 Å². The number of rotatable bonds is 1. The van der Waals surface area contributed by atoms with E-state index >= 15 is 0 Å². The second-order valence-electron chi connectivity index (χ2n) is 6.42. The molecule has 1 heteroatoms. The molecule has 0 aromatic heterocycles. The summed E-state index contributed by atoms with van der Waals surface area (Å²) >= 11 is 0. The van der Waals surface area contributed by atoms with Gasteiger partial charge in [0.25, 0.3) is 0 Å². The summed E-state index contributed by atoms with van der Waals surface area (Å²) in [4.78, 5) is 5.01. The van der Waals surface area contributed by atoms with Crippen molar-refractivity contribution < 1.29 is 0 Å². The van der Waals surface area contributed by atoms with Crippen LogP contribution in [-0.4, -0.2) is 5.71 Å². The molecule has 0 radical (unpaired) electrons. The summed E-state index contributed by atoms with van der Waals surface area (Å²) in [5.41, 5.74) is 9.88. The van der Waals surface area contributed by atoms with Crippen LogP contribution in [0.25, 0.3) is 10.8 Å². The van der Waals surface area contributed by atoms with Gasteiger partial charge in [0.2, 0.25) is 0 Å². The lowest BCUT2D eigenvalue weighted by molar-refractivity contribution is 1.37. The van der Waals surface area contributed by atoms with E-state index in [0.717, 1.165) is 11.4 Å². The van der Waals surface area contributed by atoms with Crippen LogP contribution in [0.3, 0.4) is 0 Å². The first-order valence-corrected chi connectivity index (χ1v) is 7.75. The molecule has 1 nitrogen and oxygen atoms in total. The zero-order valence-electron chi connectivity index (χ0n) is 13.5. The van der Waals surface area contributed by atoms with Crippen LogP contribution in [0.1, 0.15) is 33.4 Å². The largest absolute Gasteiger partial charge is 0.247 e. The zero-order chi connectivity index (χ0) is 15.4. The molecule has 108 valence electrons. The van der Waals surface area contributed by atoms with E-state index in [1.165, 1.54) is 44.2 Å². The second-order valence-corrected chi connectivity index (χ2v) is 6.42. The predicted octanol–water partition coefficient (Wildman–Crippen LogP) is 5.56. The molecule has 3 aromatic rings. The van der Waals surface area contributed by atoms with Crippen molar-refractivity contribution in [1.29, 1.82) is 0 Å². The molecule has 0 atom stereocenters.